The molecule has 1 aromatic heterocycles. The number of ether oxygens (including phenoxy) is 1. The summed E-state index contributed by atoms with van der Waals surface area (Å²) >= 11 is 0. The Morgan fingerprint density at radius 2 is 2.21 bits per heavy atom. The van der Waals surface area contributed by atoms with Gasteiger partial charge in [0.1, 0.15) is 6.07 Å². The van der Waals surface area contributed by atoms with Crippen molar-refractivity contribution in [3.63, 3.8) is 0 Å². The van der Waals surface area contributed by atoms with Crippen molar-refractivity contribution in [2.45, 2.75) is 24.9 Å². The number of rotatable bonds is 3. The number of hydrogen-bond acceptors (Lipinski definition) is 5. The third kappa shape index (κ3) is 3.01. The second-order valence-electron chi connectivity index (χ2n) is 6.21. The lowest BCUT2D eigenvalue weighted by molar-refractivity contribution is 0.0211. The molecule has 0 radical (unpaired) electrons. The first kappa shape index (κ1) is 14.9. The quantitative estimate of drug-likeness (QED) is 0.930. The van der Waals surface area contributed by atoms with Crippen LogP contribution in [0.2, 0.25) is 0 Å². The van der Waals surface area contributed by atoms with Crippen molar-refractivity contribution in [2.24, 2.45) is 4.99 Å². The van der Waals surface area contributed by atoms with Crippen LogP contribution in [0.4, 0.5) is 5.69 Å². The highest BCUT2D eigenvalue weighted by Gasteiger charge is 2.20. The highest BCUT2D eigenvalue weighted by Crippen LogP contribution is 2.30. The molecule has 1 aliphatic carbocycles. The fraction of sp³-hybridized carbons (Fsp3) is 0.316. The van der Waals surface area contributed by atoms with Crippen molar-refractivity contribution in [2.75, 3.05) is 18.5 Å². The lowest BCUT2D eigenvalue weighted by Gasteiger charge is -2.27. The van der Waals surface area contributed by atoms with Crippen molar-refractivity contribution in [3.8, 4) is 6.07 Å². The van der Waals surface area contributed by atoms with Crippen molar-refractivity contribution < 1.29 is 4.74 Å². The van der Waals surface area contributed by atoms with Crippen LogP contribution in [0, 0.1) is 11.3 Å². The van der Waals surface area contributed by atoms with Crippen LogP contribution < -0.4 is 5.32 Å². The molecule has 3 heterocycles. The van der Waals surface area contributed by atoms with E-state index < -0.39 is 0 Å². The van der Waals surface area contributed by atoms with Gasteiger partial charge in [-0.2, -0.15) is 5.26 Å². The van der Waals surface area contributed by atoms with Gasteiger partial charge in [-0.3, -0.25) is 9.98 Å². The average Bonchev–Trinajstić information content (AvgIpc) is 2.80. The van der Waals surface area contributed by atoms with Crippen molar-refractivity contribution in [3.05, 3.63) is 53.4 Å². The number of pyridine rings is 1. The van der Waals surface area contributed by atoms with Crippen LogP contribution in [0.1, 0.15) is 18.5 Å². The normalized spacial score (nSPS) is 23.0. The SMILES string of the molecule is N#CC1=CC2=CC=C(c3cc(NC4COC4)ccn3)CCC2N=C1. The average molecular weight is 318 g/mol. The molecule has 3 aliphatic rings. The zero-order chi connectivity index (χ0) is 16.4. The molecule has 24 heavy (non-hydrogen) atoms. The van der Waals surface area contributed by atoms with Gasteiger partial charge in [0.2, 0.25) is 0 Å². The molecule has 1 unspecified atom stereocenters. The van der Waals surface area contributed by atoms with Gasteiger partial charge in [-0.05, 0) is 42.2 Å². The fourth-order valence-electron chi connectivity index (χ4n) is 3.07. The Balaban J connectivity index is 1.56. The molecule has 1 fully saturated rings. The smallest absolute Gasteiger partial charge is 0.101 e. The van der Waals surface area contributed by atoms with Gasteiger partial charge >= 0.3 is 0 Å². The molecule has 5 nitrogen and oxygen atoms in total. The molecule has 1 atom stereocenters. The Morgan fingerprint density at radius 1 is 1.29 bits per heavy atom. The molecular formula is C19H18N4O. The van der Waals surface area contributed by atoms with Crippen LogP contribution in [0.15, 0.2) is 52.7 Å². The molecule has 2 aliphatic heterocycles. The van der Waals surface area contributed by atoms with Crippen LogP contribution in [0.5, 0.6) is 0 Å². The van der Waals surface area contributed by atoms with Crippen LogP contribution in [0.25, 0.3) is 5.57 Å². The maximum Gasteiger partial charge on any atom is 0.101 e. The van der Waals surface area contributed by atoms with E-state index in [0.29, 0.717) is 11.6 Å². The van der Waals surface area contributed by atoms with E-state index in [1.165, 1.54) is 5.57 Å². The zero-order valence-corrected chi connectivity index (χ0v) is 13.3. The molecule has 0 spiro atoms. The monoisotopic (exact) mass is 318 g/mol. The number of aliphatic imine (C=N–C) groups is 1. The maximum atomic E-state index is 9.03. The third-order valence-electron chi connectivity index (χ3n) is 4.49. The number of aromatic nitrogens is 1. The highest BCUT2D eigenvalue weighted by atomic mass is 16.5. The van der Waals surface area contributed by atoms with Crippen molar-refractivity contribution in [1.82, 2.24) is 4.98 Å². The highest BCUT2D eigenvalue weighted by molar-refractivity contribution is 5.86. The Bertz CT molecular complexity index is 809. The van der Waals surface area contributed by atoms with Crippen LogP contribution in [-0.2, 0) is 4.74 Å². The molecule has 5 heteroatoms. The van der Waals surface area contributed by atoms with Gasteiger partial charge in [0.25, 0.3) is 0 Å². The van der Waals surface area contributed by atoms with E-state index >= 15 is 0 Å². The molecule has 1 saturated heterocycles. The Hall–Kier alpha value is -2.71. The molecule has 4 rings (SSSR count). The van der Waals surface area contributed by atoms with Gasteiger partial charge in [0, 0.05) is 18.1 Å². The number of hydrogen-bond donors (Lipinski definition) is 1. The summed E-state index contributed by atoms with van der Waals surface area (Å²) in [6.07, 6.45) is 11.5. The third-order valence-corrected chi connectivity index (χ3v) is 4.49. The maximum absolute atomic E-state index is 9.03. The minimum absolute atomic E-state index is 0.143. The van der Waals surface area contributed by atoms with E-state index in [2.05, 4.69) is 39.6 Å². The second kappa shape index (κ2) is 6.42. The first-order chi connectivity index (χ1) is 11.8. The fourth-order valence-corrected chi connectivity index (χ4v) is 3.07. The number of dihydropyridines is 1. The molecule has 0 bridgehead atoms. The predicted molar refractivity (Wildman–Crippen MR) is 93.7 cm³/mol. The Labute approximate surface area is 141 Å². The number of anilines is 1. The summed E-state index contributed by atoms with van der Waals surface area (Å²) < 4.78 is 5.20. The molecule has 120 valence electrons. The number of allylic oxidation sites excluding steroid dienone is 4. The molecule has 1 aromatic rings. The topological polar surface area (TPSA) is 70.3 Å². The molecular weight excluding hydrogens is 300 g/mol. The van der Waals surface area contributed by atoms with Crippen LogP contribution >= 0.6 is 0 Å². The van der Waals surface area contributed by atoms with Crippen molar-refractivity contribution >= 4 is 17.5 Å². The lowest BCUT2D eigenvalue weighted by Crippen LogP contribution is -2.40. The van der Waals surface area contributed by atoms with Gasteiger partial charge in [0.15, 0.2) is 0 Å². The standard InChI is InChI=1S/C19H18N4O/c20-9-13-7-15-2-1-14(3-4-18(15)22-10-13)19-8-16(5-6-21-19)23-17-11-24-12-17/h1-2,5-8,10,17-18H,3-4,11-12H2,(H,21,23). The summed E-state index contributed by atoms with van der Waals surface area (Å²) in [5, 5.41) is 12.5. The largest absolute Gasteiger partial charge is 0.378 e. The van der Waals surface area contributed by atoms with E-state index in [4.69, 9.17) is 10.00 Å². The number of nitrogens with zero attached hydrogens (tertiary/aromatic N) is 3. The minimum atomic E-state index is 0.143. The summed E-state index contributed by atoms with van der Waals surface area (Å²) in [6, 6.07) is 6.78. The molecule has 0 amide bonds. The van der Waals surface area contributed by atoms with E-state index in [1.807, 2.05) is 18.3 Å². The summed E-state index contributed by atoms with van der Waals surface area (Å²) in [7, 11) is 0. The first-order valence-corrected chi connectivity index (χ1v) is 8.18. The Kier molecular flexibility index (Phi) is 3.97. The lowest BCUT2D eigenvalue weighted by atomic mass is 9.98. The summed E-state index contributed by atoms with van der Waals surface area (Å²) in [6.45, 7) is 1.53. The second-order valence-corrected chi connectivity index (χ2v) is 6.21. The van der Waals surface area contributed by atoms with Crippen LogP contribution in [0.3, 0.4) is 0 Å². The first-order valence-electron chi connectivity index (χ1n) is 8.18. The van der Waals surface area contributed by atoms with Gasteiger partial charge < -0.3 is 10.1 Å². The number of nitriles is 1. The molecule has 0 saturated carbocycles. The molecule has 0 aromatic carbocycles. The van der Waals surface area contributed by atoms with E-state index in [-0.39, 0.29) is 6.04 Å². The Morgan fingerprint density at radius 3 is 3.00 bits per heavy atom. The molecule has 1 N–H and O–H groups in total. The zero-order valence-electron chi connectivity index (χ0n) is 13.3. The predicted octanol–water partition coefficient (Wildman–Crippen LogP) is 2.90. The van der Waals surface area contributed by atoms with Gasteiger partial charge in [-0.1, -0.05) is 12.2 Å². The van der Waals surface area contributed by atoms with E-state index in [9.17, 15) is 0 Å². The number of nitrogens with one attached hydrogen (secondary N) is 1. The van der Waals surface area contributed by atoms with E-state index in [0.717, 1.165) is 43.0 Å². The summed E-state index contributed by atoms with van der Waals surface area (Å²) in [4.78, 5) is 9.03. The van der Waals surface area contributed by atoms with Gasteiger partial charge in [-0.15, -0.1) is 0 Å². The number of fused-ring (bicyclic) bond motifs is 1. The van der Waals surface area contributed by atoms with Gasteiger partial charge in [-0.25, -0.2) is 0 Å². The van der Waals surface area contributed by atoms with Gasteiger partial charge in [0.05, 0.1) is 36.6 Å². The summed E-state index contributed by atoms with van der Waals surface area (Å²) in [5.74, 6) is 0. The summed E-state index contributed by atoms with van der Waals surface area (Å²) in [5.41, 5.74) is 4.98. The van der Waals surface area contributed by atoms with Crippen molar-refractivity contribution in [1.29, 1.82) is 5.26 Å². The van der Waals surface area contributed by atoms with E-state index in [1.54, 1.807) is 6.21 Å². The van der Waals surface area contributed by atoms with Crippen LogP contribution in [-0.4, -0.2) is 36.5 Å². The minimum Gasteiger partial charge on any atom is -0.378 e.